The fraction of sp³-hybridized carbons (Fsp3) is 0.625. The van der Waals surface area contributed by atoms with Crippen LogP contribution in [0.1, 0.15) is 289 Å². The summed E-state index contributed by atoms with van der Waals surface area (Å²) in [7, 11) is 0. The van der Waals surface area contributed by atoms with Gasteiger partial charge in [-0.15, -0.1) is 0 Å². The molecule has 6 aliphatic rings. The quantitative estimate of drug-likeness (QED) is 0.0770. The first-order valence-corrected chi connectivity index (χ1v) is 55.0. The highest BCUT2D eigenvalue weighted by Crippen LogP contribution is 2.26. The second-order valence-corrected chi connectivity index (χ2v) is 32.1. The predicted octanol–water partition coefficient (Wildman–Crippen LogP) is 21.5. The fourth-order valence-electron chi connectivity index (χ4n) is 15.3. The molecule has 12 heterocycles. The summed E-state index contributed by atoms with van der Waals surface area (Å²) in [6.45, 7) is 93.4. The van der Waals surface area contributed by atoms with E-state index in [1.54, 1.807) is 0 Å². The van der Waals surface area contributed by atoms with Crippen LogP contribution in [-0.4, -0.2) is 344 Å². The molecule has 148 heavy (non-hydrogen) atoms. The highest BCUT2D eigenvalue weighted by molar-refractivity contribution is 5.47. The molecule has 6 fully saturated rings. The van der Waals surface area contributed by atoms with Gasteiger partial charge in [0.1, 0.15) is 0 Å². The van der Waals surface area contributed by atoms with Gasteiger partial charge in [-0.3, -0.25) is 29.4 Å². The third kappa shape index (κ3) is 45.8. The highest BCUT2D eigenvalue weighted by atomic mass is 15.6. The van der Waals surface area contributed by atoms with Crippen molar-refractivity contribution >= 4 is 35.7 Å². The maximum Gasteiger partial charge on any atom is 0.250 e. The number of hydrogen-bond donors (Lipinski definition) is 0. The number of anilines is 6. The topological polar surface area (TPSA) is 300 Å². The van der Waals surface area contributed by atoms with Crippen molar-refractivity contribution in [2.45, 2.75) is 313 Å². The van der Waals surface area contributed by atoms with E-state index in [0.717, 1.165) is 227 Å². The molecule has 36 heteroatoms. The monoisotopic (exact) mass is 2060 g/mol. The summed E-state index contributed by atoms with van der Waals surface area (Å²) in [5.41, 5.74) is 5.99. The summed E-state index contributed by atoms with van der Waals surface area (Å²) in [4.78, 5) is 28.4. The average Bonchev–Trinajstić information content (AvgIpc) is 1.72. The number of piperazine rings is 6. The molecule has 6 aliphatic heterocycles. The van der Waals surface area contributed by atoms with E-state index < -0.39 is 20.6 Å². The van der Waals surface area contributed by atoms with Crippen molar-refractivity contribution < 1.29 is 12.3 Å². The van der Waals surface area contributed by atoms with Crippen LogP contribution in [0, 0.1) is 0 Å². The predicted molar refractivity (Wildman–Crippen MR) is 627 cm³/mol. The van der Waals surface area contributed by atoms with Crippen LogP contribution in [0.15, 0.2) is 182 Å². The summed E-state index contributed by atoms with van der Waals surface area (Å²) < 4.78 is 67.3. The molecule has 0 atom stereocenters. The fourth-order valence-corrected chi connectivity index (χ4v) is 15.3. The van der Waals surface area contributed by atoms with Gasteiger partial charge in [0, 0.05) is 206 Å². The third-order valence-electron chi connectivity index (χ3n) is 22.7. The summed E-state index contributed by atoms with van der Waals surface area (Å²) in [5.74, 6) is 5.00. The van der Waals surface area contributed by atoms with E-state index in [2.05, 4.69) is 235 Å². The molecule has 0 radical (unpaired) electrons. The lowest BCUT2D eigenvalue weighted by atomic mass is 10.2. The number of rotatable bonds is 18. The summed E-state index contributed by atoms with van der Waals surface area (Å²) >= 11 is 0. The number of aromatic nitrogens is 24. The minimum Gasteiger partial charge on any atom is -0.337 e. The van der Waals surface area contributed by atoms with Crippen LogP contribution in [0.2, 0.25) is 0 Å². The molecule has 0 unspecified atom stereocenters. The lowest BCUT2D eigenvalue weighted by molar-refractivity contribution is 0.208. The van der Waals surface area contributed by atoms with E-state index in [1.165, 1.54) is 20.8 Å². The molecular weight excluding hydrogens is 1850 g/mol. The Labute approximate surface area is 909 Å². The van der Waals surface area contributed by atoms with Crippen LogP contribution in [0.5, 0.6) is 0 Å². The first kappa shape index (κ1) is 122. The number of nitrogens with zero attached hydrogens (tertiary/aromatic N) is 36. The van der Waals surface area contributed by atoms with Crippen molar-refractivity contribution in [1.82, 2.24) is 151 Å². The van der Waals surface area contributed by atoms with Gasteiger partial charge in [0.05, 0.1) is 34.1 Å². The van der Waals surface area contributed by atoms with E-state index in [4.69, 9.17) is 12.3 Å². The molecule has 12 aromatic rings. The van der Waals surface area contributed by atoms with Gasteiger partial charge < -0.3 is 29.4 Å². The minimum absolute atomic E-state index is 0.599. The van der Waals surface area contributed by atoms with Gasteiger partial charge in [0.2, 0.25) is 35.7 Å². The third-order valence-corrected chi connectivity index (χ3v) is 22.7. The van der Waals surface area contributed by atoms with E-state index in [-0.39, 0.29) is 0 Å². The molecule has 0 bridgehead atoms. The van der Waals surface area contributed by atoms with Crippen molar-refractivity contribution in [1.29, 1.82) is 0 Å². The first-order valence-electron chi connectivity index (χ1n) is 59.5. The zero-order valence-corrected chi connectivity index (χ0v) is 98.4. The zero-order valence-electron chi connectivity index (χ0n) is 107. The van der Waals surface area contributed by atoms with Crippen molar-refractivity contribution in [2.24, 2.45) is 0 Å². The second kappa shape index (κ2) is 86.2. The molecule has 18 rings (SSSR count). The first-order chi connectivity index (χ1) is 75.5. The number of tetrazole rings is 6. The van der Waals surface area contributed by atoms with Crippen LogP contribution >= 0.6 is 0 Å². The van der Waals surface area contributed by atoms with E-state index in [0.29, 0.717) is 36.3 Å². The maximum absolute atomic E-state index is 6.27. The van der Waals surface area contributed by atoms with Crippen molar-refractivity contribution in [3.05, 3.63) is 182 Å². The molecule has 6 aromatic heterocycles. The Balaban J connectivity index is 0. The largest absolute Gasteiger partial charge is 0.337 e. The molecule has 6 aromatic carbocycles. The number of benzene rings is 6. The van der Waals surface area contributed by atoms with Gasteiger partial charge in [0.15, 0.2) is 0 Å². The molecule has 0 saturated carbocycles. The van der Waals surface area contributed by atoms with E-state index >= 15 is 0 Å². The lowest BCUT2D eigenvalue weighted by Gasteiger charge is -2.36. The molecule has 0 N–H and O–H groups in total. The van der Waals surface area contributed by atoms with Crippen molar-refractivity contribution in [3.63, 3.8) is 0 Å². The summed E-state index contributed by atoms with van der Waals surface area (Å²) in [5, 5.41) is 72.9. The second-order valence-electron chi connectivity index (χ2n) is 32.1. The normalized spacial score (nSPS) is 15.4. The molecule has 832 valence electrons. The van der Waals surface area contributed by atoms with Gasteiger partial charge in [-0.1, -0.05) is 333 Å². The molecule has 0 amide bonds. The maximum atomic E-state index is 6.27. The van der Waals surface area contributed by atoms with Crippen LogP contribution in [-0.2, 0) is 0 Å². The van der Waals surface area contributed by atoms with Crippen LogP contribution in [0.25, 0.3) is 34.1 Å². The molecule has 6 saturated heterocycles. The standard InChI is InChI=1S/6C14H20N6.14C2H6/c6*1-12(2)18-8-10-19(11-9-18)14-15-16-17-20(14)13-6-4-3-5-7-13;14*1-2/h6*3-7,12H,8-11H2,1-2H3;14*1-2H3/i;;;;;;3*1D3;;;;;;;;;;;. The van der Waals surface area contributed by atoms with Crippen molar-refractivity contribution in [2.75, 3.05) is 186 Å². The Morgan fingerprint density at radius 1 is 0.162 bits per heavy atom. The Morgan fingerprint density at radius 3 is 0.345 bits per heavy atom. The van der Waals surface area contributed by atoms with Gasteiger partial charge in [-0.25, -0.2) is 0 Å². The van der Waals surface area contributed by atoms with Crippen LogP contribution in [0.3, 0.4) is 0 Å². The van der Waals surface area contributed by atoms with Crippen LogP contribution < -0.4 is 29.4 Å². The van der Waals surface area contributed by atoms with Gasteiger partial charge in [-0.05, 0) is 218 Å². The Kier molecular flexibility index (Phi) is 70.7. The Hall–Kier alpha value is -11.7. The molecular formula is C112H204N36. The Bertz CT molecular complexity index is 4380. The summed E-state index contributed by atoms with van der Waals surface area (Å²) in [6, 6.07) is 63.8. The molecule has 0 aliphatic carbocycles. The van der Waals surface area contributed by atoms with Gasteiger partial charge in [0.25, 0.3) is 0 Å². The smallest absolute Gasteiger partial charge is 0.250 e. The Morgan fingerprint density at radius 2 is 0.257 bits per heavy atom. The SMILES string of the molecule is CC.CC.CC.CC.CC.CC.CC.CC.CC.CC.CC.CC(C)N1CCN(c2nnnn2-c2ccccc2)CC1.CC(C)N1CCN(c2nnnn2-c2ccccc2)CC1.CC(C)N1CCN(c2nnnn2-c2ccccc2)CC1.CC(C)N1CCN(c2nnnn2-c2ccccc2)CC1.CC(C)N1CCN(c2nnnn2-c2ccccc2)CC1.CC(C)N1CCN(c2nnnn2-c2ccccc2)CC1.[2H]C([2H])([2H])C.[2H]C([2H])([2H])C.[2H]C([2H])([2H])C. The average molecular weight is 2060 g/mol. The van der Waals surface area contributed by atoms with Gasteiger partial charge in [-0.2, -0.15) is 28.1 Å². The van der Waals surface area contributed by atoms with Crippen molar-refractivity contribution in [3.8, 4) is 34.1 Å². The van der Waals surface area contributed by atoms with E-state index in [1.807, 2.05) is 362 Å². The molecule has 36 nitrogen and oxygen atoms in total. The number of hydrogen-bond acceptors (Lipinski definition) is 30. The minimum atomic E-state index is -1.75. The lowest BCUT2D eigenvalue weighted by Crippen LogP contribution is -2.49. The van der Waals surface area contributed by atoms with E-state index in [9.17, 15) is 0 Å². The summed E-state index contributed by atoms with van der Waals surface area (Å²) in [6.07, 6.45) is 0. The molecule has 0 spiro atoms. The zero-order chi connectivity index (χ0) is 119. The van der Waals surface area contributed by atoms with Crippen LogP contribution in [0.4, 0.5) is 35.7 Å². The van der Waals surface area contributed by atoms with Gasteiger partial charge >= 0.3 is 0 Å². The number of para-hydroxylation sites is 6. The highest BCUT2D eigenvalue weighted by Gasteiger charge is 2.30.